The Morgan fingerprint density at radius 2 is 1.59 bits per heavy atom. The van der Waals surface area contributed by atoms with Gasteiger partial charge in [0.25, 0.3) is 0 Å². The number of hydrogen-bond acceptors (Lipinski definition) is 0. The zero-order chi connectivity index (χ0) is 15.9. The Morgan fingerprint density at radius 3 is 2.14 bits per heavy atom. The molecule has 1 aliphatic carbocycles. The number of rotatable bonds is 6. The lowest BCUT2D eigenvalue weighted by Gasteiger charge is -2.27. The van der Waals surface area contributed by atoms with Crippen LogP contribution in [-0.2, 0) is 6.42 Å². The maximum atomic E-state index is 14.4. The minimum absolute atomic E-state index is 0.219. The van der Waals surface area contributed by atoms with Gasteiger partial charge in [-0.15, -0.1) is 0 Å². The first-order valence-corrected chi connectivity index (χ1v) is 8.80. The number of hydrogen-bond donors (Lipinski definition) is 0. The highest BCUT2D eigenvalue weighted by atomic mass is 19.2. The molecule has 1 saturated carbocycles. The molecule has 1 aromatic carbocycles. The second kappa shape index (κ2) is 8.45. The van der Waals surface area contributed by atoms with Crippen LogP contribution in [0.5, 0.6) is 0 Å². The van der Waals surface area contributed by atoms with Crippen LogP contribution in [0.15, 0.2) is 30.1 Å². The van der Waals surface area contributed by atoms with Crippen LogP contribution < -0.4 is 0 Å². The second-order valence-corrected chi connectivity index (χ2v) is 6.62. The molecule has 0 aromatic heterocycles. The lowest BCUT2D eigenvalue weighted by Crippen LogP contribution is -2.15. The van der Waals surface area contributed by atoms with Crippen molar-refractivity contribution in [3.63, 3.8) is 0 Å². The number of halogens is 2. The smallest absolute Gasteiger partial charge is 0.162 e. The molecule has 0 spiro atoms. The minimum Gasteiger partial charge on any atom is -0.208 e. The lowest BCUT2D eigenvalue weighted by atomic mass is 9.79. The van der Waals surface area contributed by atoms with E-state index in [0.717, 1.165) is 38.5 Å². The van der Waals surface area contributed by atoms with Crippen LogP contribution in [0.2, 0.25) is 0 Å². The van der Waals surface area contributed by atoms with Gasteiger partial charge < -0.3 is 0 Å². The molecule has 0 nitrogen and oxygen atoms in total. The van der Waals surface area contributed by atoms with E-state index in [1.54, 1.807) is 12.1 Å². The summed E-state index contributed by atoms with van der Waals surface area (Å²) in [6, 6.07) is 7.24. The average Bonchev–Trinajstić information content (AvgIpc) is 2.55. The molecule has 0 saturated heterocycles. The van der Waals surface area contributed by atoms with Gasteiger partial charge in [0.05, 0.1) is 0 Å². The third kappa shape index (κ3) is 4.41. The summed E-state index contributed by atoms with van der Waals surface area (Å²) in [5.41, 5.74) is 1.56. The highest BCUT2D eigenvalue weighted by Gasteiger charge is 2.26. The van der Waals surface area contributed by atoms with E-state index in [1.807, 2.05) is 12.1 Å². The van der Waals surface area contributed by atoms with Gasteiger partial charge in [-0.3, -0.25) is 0 Å². The molecule has 0 amide bonds. The monoisotopic (exact) mass is 306 g/mol. The lowest BCUT2D eigenvalue weighted by molar-refractivity contribution is 0.261. The molecule has 1 fully saturated rings. The van der Waals surface area contributed by atoms with Crippen molar-refractivity contribution in [3.05, 3.63) is 41.2 Å². The quantitative estimate of drug-likeness (QED) is 0.539. The Labute approximate surface area is 133 Å². The SMILES string of the molecule is CCCc1ccc(/C(F)=C(\F)C2CCC(CCC)CC2)cc1. The third-order valence-corrected chi connectivity index (χ3v) is 4.86. The van der Waals surface area contributed by atoms with Crippen molar-refractivity contribution in [2.75, 3.05) is 0 Å². The summed E-state index contributed by atoms with van der Waals surface area (Å²) in [6.45, 7) is 4.30. The third-order valence-electron chi connectivity index (χ3n) is 4.86. The van der Waals surface area contributed by atoms with Crippen LogP contribution in [0.1, 0.15) is 69.9 Å². The summed E-state index contributed by atoms with van der Waals surface area (Å²) >= 11 is 0. The Balaban J connectivity index is 2.02. The van der Waals surface area contributed by atoms with Gasteiger partial charge >= 0.3 is 0 Å². The molecule has 22 heavy (non-hydrogen) atoms. The van der Waals surface area contributed by atoms with E-state index in [2.05, 4.69) is 13.8 Å². The van der Waals surface area contributed by atoms with E-state index in [1.165, 1.54) is 18.4 Å². The van der Waals surface area contributed by atoms with E-state index in [9.17, 15) is 8.78 Å². The summed E-state index contributed by atoms with van der Waals surface area (Å²) in [4.78, 5) is 0. The fourth-order valence-corrected chi connectivity index (χ4v) is 3.54. The van der Waals surface area contributed by atoms with Crippen LogP contribution in [0.4, 0.5) is 8.78 Å². The first-order chi connectivity index (χ1) is 10.7. The highest BCUT2D eigenvalue weighted by molar-refractivity contribution is 5.61. The van der Waals surface area contributed by atoms with E-state index in [4.69, 9.17) is 0 Å². The number of aryl methyl sites for hydroxylation is 1. The van der Waals surface area contributed by atoms with Crippen molar-refractivity contribution < 1.29 is 8.78 Å². The van der Waals surface area contributed by atoms with E-state index >= 15 is 0 Å². The fourth-order valence-electron chi connectivity index (χ4n) is 3.54. The Kier molecular flexibility index (Phi) is 6.60. The molecule has 0 N–H and O–H groups in total. The van der Waals surface area contributed by atoms with Crippen LogP contribution in [0.3, 0.4) is 0 Å². The molecule has 122 valence electrons. The molecule has 0 bridgehead atoms. The number of allylic oxidation sites excluding steroid dienone is 1. The van der Waals surface area contributed by atoms with Gasteiger partial charge in [0.2, 0.25) is 0 Å². The average molecular weight is 306 g/mol. The van der Waals surface area contributed by atoms with Gasteiger partial charge in [0, 0.05) is 11.5 Å². The summed E-state index contributed by atoms with van der Waals surface area (Å²) < 4.78 is 28.8. The summed E-state index contributed by atoms with van der Waals surface area (Å²) in [5.74, 6) is -0.686. The molecule has 0 unspecified atom stereocenters. The second-order valence-electron chi connectivity index (χ2n) is 6.62. The van der Waals surface area contributed by atoms with Crippen molar-refractivity contribution in [2.45, 2.75) is 65.2 Å². The van der Waals surface area contributed by atoms with Crippen molar-refractivity contribution in [3.8, 4) is 0 Å². The summed E-state index contributed by atoms with van der Waals surface area (Å²) in [6.07, 6.45) is 8.10. The standard InChI is InChI=1S/C20H28F2/c1-3-5-15-7-11-17(12-8-15)19(21)20(22)18-13-9-16(6-4-2)10-14-18/h7-8,11-12,16,18H,3-6,9-10,13-14H2,1-2H3/b20-19+. The molecule has 2 heteroatoms. The molecule has 1 aromatic rings. The van der Waals surface area contributed by atoms with Gasteiger partial charge in [-0.25, -0.2) is 8.78 Å². The van der Waals surface area contributed by atoms with Crippen LogP contribution in [-0.4, -0.2) is 0 Å². The van der Waals surface area contributed by atoms with E-state index < -0.39 is 11.7 Å². The molecule has 0 aliphatic heterocycles. The summed E-state index contributed by atoms with van der Waals surface area (Å²) in [7, 11) is 0. The van der Waals surface area contributed by atoms with Gasteiger partial charge in [-0.2, -0.15) is 0 Å². The zero-order valence-electron chi connectivity index (χ0n) is 13.9. The fraction of sp³-hybridized carbons (Fsp3) is 0.600. The molecular formula is C20H28F2. The maximum Gasteiger partial charge on any atom is 0.162 e. The van der Waals surface area contributed by atoms with Gasteiger partial charge in [-0.05, 0) is 43.6 Å². The Morgan fingerprint density at radius 1 is 0.955 bits per heavy atom. The van der Waals surface area contributed by atoms with Crippen LogP contribution in [0, 0.1) is 11.8 Å². The zero-order valence-corrected chi connectivity index (χ0v) is 13.9. The van der Waals surface area contributed by atoms with Crippen molar-refractivity contribution in [2.24, 2.45) is 11.8 Å². The Hall–Kier alpha value is -1.18. The van der Waals surface area contributed by atoms with Crippen LogP contribution in [0.25, 0.3) is 5.83 Å². The molecule has 0 heterocycles. The minimum atomic E-state index is -0.651. The topological polar surface area (TPSA) is 0 Å². The van der Waals surface area contributed by atoms with E-state index in [0.29, 0.717) is 11.5 Å². The number of benzene rings is 1. The maximum absolute atomic E-state index is 14.4. The first-order valence-electron chi connectivity index (χ1n) is 8.80. The van der Waals surface area contributed by atoms with Crippen molar-refractivity contribution >= 4 is 5.83 Å². The van der Waals surface area contributed by atoms with Gasteiger partial charge in [0.1, 0.15) is 5.83 Å². The molecule has 0 atom stereocenters. The molecular weight excluding hydrogens is 278 g/mol. The predicted octanol–water partition coefficient (Wildman–Crippen LogP) is 6.85. The normalized spacial score (nSPS) is 23.3. The molecule has 1 aliphatic rings. The van der Waals surface area contributed by atoms with E-state index in [-0.39, 0.29) is 5.92 Å². The van der Waals surface area contributed by atoms with Crippen molar-refractivity contribution in [1.29, 1.82) is 0 Å². The van der Waals surface area contributed by atoms with Crippen LogP contribution >= 0.6 is 0 Å². The Bertz CT molecular complexity index is 479. The predicted molar refractivity (Wildman–Crippen MR) is 89.9 cm³/mol. The highest BCUT2D eigenvalue weighted by Crippen LogP contribution is 2.38. The van der Waals surface area contributed by atoms with Gasteiger partial charge in [-0.1, -0.05) is 57.4 Å². The molecule has 0 radical (unpaired) electrons. The molecule has 2 rings (SSSR count). The summed E-state index contributed by atoms with van der Waals surface area (Å²) in [5, 5.41) is 0. The van der Waals surface area contributed by atoms with Crippen molar-refractivity contribution in [1.82, 2.24) is 0 Å². The first kappa shape index (κ1) is 17.2. The largest absolute Gasteiger partial charge is 0.208 e. The van der Waals surface area contributed by atoms with Gasteiger partial charge in [0.15, 0.2) is 5.83 Å².